The normalized spacial score (nSPS) is 12.1. The van der Waals surface area contributed by atoms with Gasteiger partial charge in [-0.15, -0.1) is 0 Å². The Kier molecular flexibility index (Phi) is 4.89. The Labute approximate surface area is 152 Å². The highest BCUT2D eigenvalue weighted by atomic mass is 35.5. The Morgan fingerprint density at radius 3 is 2.69 bits per heavy atom. The van der Waals surface area contributed by atoms with E-state index in [1.807, 2.05) is 6.07 Å². The van der Waals surface area contributed by atoms with E-state index in [9.17, 15) is 14.0 Å². The summed E-state index contributed by atoms with van der Waals surface area (Å²) in [7, 11) is 0. The molecule has 6 nitrogen and oxygen atoms in total. The van der Waals surface area contributed by atoms with Gasteiger partial charge in [0.15, 0.2) is 0 Å². The van der Waals surface area contributed by atoms with E-state index in [2.05, 4.69) is 15.3 Å². The molecular weight excluding hydrogens is 359 g/mol. The van der Waals surface area contributed by atoms with E-state index in [1.54, 1.807) is 19.1 Å². The molecule has 0 amide bonds. The maximum atomic E-state index is 13.5. The Morgan fingerprint density at radius 2 is 2.00 bits per heavy atom. The first-order chi connectivity index (χ1) is 12.4. The van der Waals surface area contributed by atoms with Crippen LogP contribution in [0.1, 0.15) is 29.8 Å². The van der Waals surface area contributed by atoms with E-state index >= 15 is 0 Å². The molecule has 1 atom stereocenters. The van der Waals surface area contributed by atoms with Crippen LogP contribution in [-0.2, 0) is 6.54 Å². The number of nitrogens with zero attached hydrogens (tertiary/aromatic N) is 1. The molecule has 8 heteroatoms. The zero-order valence-electron chi connectivity index (χ0n) is 13.7. The van der Waals surface area contributed by atoms with Crippen LogP contribution in [0.25, 0.3) is 10.9 Å². The fourth-order valence-electron chi connectivity index (χ4n) is 2.62. The average molecular weight is 373 g/mol. The van der Waals surface area contributed by atoms with E-state index < -0.39 is 5.82 Å². The first kappa shape index (κ1) is 17.9. The molecule has 0 saturated carbocycles. The molecule has 0 spiro atoms. The van der Waals surface area contributed by atoms with Crippen LogP contribution < -0.4 is 16.4 Å². The lowest BCUT2D eigenvalue weighted by Gasteiger charge is -2.14. The summed E-state index contributed by atoms with van der Waals surface area (Å²) in [5.74, 6) is -0.603. The van der Waals surface area contributed by atoms with Crippen molar-refractivity contribution in [3.63, 3.8) is 0 Å². The largest absolute Gasteiger partial charge is 0.322 e. The second kappa shape index (κ2) is 7.12. The second-order valence-corrected chi connectivity index (χ2v) is 6.26. The molecule has 26 heavy (non-hydrogen) atoms. The fourth-order valence-corrected chi connectivity index (χ4v) is 2.79. The number of aromatic amines is 2. The molecule has 0 fully saturated rings. The lowest BCUT2D eigenvalue weighted by Crippen LogP contribution is -2.27. The number of aromatic nitrogens is 2. The van der Waals surface area contributed by atoms with E-state index in [0.29, 0.717) is 22.0 Å². The molecule has 1 aromatic carbocycles. The zero-order valence-corrected chi connectivity index (χ0v) is 14.4. The van der Waals surface area contributed by atoms with Crippen molar-refractivity contribution >= 4 is 22.5 Å². The van der Waals surface area contributed by atoms with Gasteiger partial charge in [0.1, 0.15) is 17.6 Å². The van der Waals surface area contributed by atoms with E-state index in [-0.39, 0.29) is 34.4 Å². The maximum Gasteiger partial charge on any atom is 0.253 e. The minimum atomic E-state index is -0.603. The van der Waals surface area contributed by atoms with Gasteiger partial charge in [0.2, 0.25) is 0 Å². The van der Waals surface area contributed by atoms with E-state index in [0.717, 1.165) is 0 Å². The lowest BCUT2D eigenvalue weighted by molar-refractivity contribution is 0.567. The van der Waals surface area contributed by atoms with Crippen molar-refractivity contribution in [2.45, 2.75) is 19.5 Å². The predicted octanol–water partition coefficient (Wildman–Crippen LogP) is 2.73. The van der Waals surface area contributed by atoms with Crippen LogP contribution in [0.15, 0.2) is 39.9 Å². The van der Waals surface area contributed by atoms with Crippen LogP contribution in [0.2, 0.25) is 5.02 Å². The highest BCUT2D eigenvalue weighted by Gasteiger charge is 2.13. The summed E-state index contributed by atoms with van der Waals surface area (Å²) >= 11 is 5.80. The third kappa shape index (κ3) is 3.52. The summed E-state index contributed by atoms with van der Waals surface area (Å²) < 4.78 is 13.5. The lowest BCUT2D eigenvalue weighted by atomic mass is 10.1. The molecule has 0 radical (unpaired) electrons. The monoisotopic (exact) mass is 372 g/mol. The van der Waals surface area contributed by atoms with Gasteiger partial charge >= 0.3 is 0 Å². The smallest absolute Gasteiger partial charge is 0.253 e. The number of nitrogens with one attached hydrogen (secondary N) is 3. The molecule has 1 unspecified atom stereocenters. The third-order valence-electron chi connectivity index (χ3n) is 4.09. The Balaban J connectivity index is 1.86. The number of nitriles is 1. The van der Waals surface area contributed by atoms with Gasteiger partial charge in [0.25, 0.3) is 11.1 Å². The average Bonchev–Trinajstić information content (AvgIpc) is 2.61. The predicted molar refractivity (Wildman–Crippen MR) is 96.6 cm³/mol. The first-order valence-electron chi connectivity index (χ1n) is 7.76. The number of H-pyrrole nitrogens is 2. The minimum Gasteiger partial charge on any atom is -0.322 e. The number of pyridine rings is 2. The van der Waals surface area contributed by atoms with Gasteiger partial charge in [0.05, 0.1) is 10.5 Å². The summed E-state index contributed by atoms with van der Waals surface area (Å²) in [4.78, 5) is 29.3. The standard InChI is InChI=1S/C18H14ClFN4O2/c1-9(22-8-10-2-3-12(7-21)23-17(10)25)13-4-11-5-14(19)15(20)6-16(11)24-18(13)26/h2-6,9,22H,8H2,1H3,(H,23,25)(H,24,26). The molecule has 0 bridgehead atoms. The summed E-state index contributed by atoms with van der Waals surface area (Å²) in [5, 5.41) is 12.4. The molecule has 132 valence electrons. The quantitative estimate of drug-likeness (QED) is 0.655. The van der Waals surface area contributed by atoms with Crippen molar-refractivity contribution in [1.29, 1.82) is 5.26 Å². The SMILES string of the molecule is CC(NCc1ccc(C#N)[nH]c1=O)c1cc2cc(Cl)c(F)cc2[nH]c1=O. The molecular formula is C18H14ClFN4O2. The topological polar surface area (TPSA) is 102 Å². The van der Waals surface area contributed by atoms with Gasteiger partial charge in [-0.1, -0.05) is 11.6 Å². The minimum absolute atomic E-state index is 0.0276. The highest BCUT2D eigenvalue weighted by Crippen LogP contribution is 2.22. The first-order valence-corrected chi connectivity index (χ1v) is 8.14. The van der Waals surface area contributed by atoms with Crippen molar-refractivity contribution < 1.29 is 4.39 Å². The van der Waals surface area contributed by atoms with Crippen LogP contribution in [0.4, 0.5) is 4.39 Å². The maximum absolute atomic E-state index is 13.5. The van der Waals surface area contributed by atoms with Crippen LogP contribution in [-0.4, -0.2) is 9.97 Å². The number of hydrogen-bond acceptors (Lipinski definition) is 4. The van der Waals surface area contributed by atoms with Crippen molar-refractivity contribution in [3.8, 4) is 6.07 Å². The van der Waals surface area contributed by atoms with Gasteiger partial charge in [-0.25, -0.2) is 4.39 Å². The second-order valence-electron chi connectivity index (χ2n) is 5.85. The van der Waals surface area contributed by atoms with Crippen molar-refractivity contribution in [2.75, 3.05) is 0 Å². The van der Waals surface area contributed by atoms with Crippen LogP contribution in [0.3, 0.4) is 0 Å². The number of halogens is 2. The van der Waals surface area contributed by atoms with E-state index in [4.69, 9.17) is 16.9 Å². The zero-order chi connectivity index (χ0) is 18.8. The number of rotatable bonds is 4. The van der Waals surface area contributed by atoms with Crippen LogP contribution in [0, 0.1) is 17.1 Å². The number of hydrogen-bond donors (Lipinski definition) is 3. The summed E-state index contributed by atoms with van der Waals surface area (Å²) in [6.45, 7) is 1.99. The molecule has 0 aliphatic carbocycles. The third-order valence-corrected chi connectivity index (χ3v) is 4.38. The number of fused-ring (bicyclic) bond motifs is 1. The molecule has 3 aromatic rings. The van der Waals surface area contributed by atoms with Gasteiger partial charge in [-0.3, -0.25) is 9.59 Å². The summed E-state index contributed by atoms with van der Waals surface area (Å²) in [6, 6.07) is 8.83. The van der Waals surface area contributed by atoms with Gasteiger partial charge < -0.3 is 15.3 Å². The van der Waals surface area contributed by atoms with Crippen molar-refractivity contribution in [2.24, 2.45) is 0 Å². The molecule has 0 aliphatic rings. The van der Waals surface area contributed by atoms with Gasteiger partial charge in [0, 0.05) is 29.1 Å². The molecule has 0 aliphatic heterocycles. The Morgan fingerprint density at radius 1 is 1.23 bits per heavy atom. The molecule has 2 heterocycles. The summed E-state index contributed by atoms with van der Waals surface area (Å²) in [5.41, 5.74) is 0.702. The van der Waals surface area contributed by atoms with Crippen LogP contribution >= 0.6 is 11.6 Å². The fraction of sp³-hybridized carbons (Fsp3) is 0.167. The van der Waals surface area contributed by atoms with Crippen molar-refractivity contribution in [3.05, 3.63) is 78.7 Å². The molecule has 3 N–H and O–H groups in total. The molecule has 3 rings (SSSR count). The van der Waals surface area contributed by atoms with Crippen molar-refractivity contribution in [1.82, 2.24) is 15.3 Å². The molecule has 0 saturated heterocycles. The number of benzene rings is 1. The van der Waals surface area contributed by atoms with Gasteiger partial charge in [-0.2, -0.15) is 5.26 Å². The van der Waals surface area contributed by atoms with E-state index in [1.165, 1.54) is 18.2 Å². The summed E-state index contributed by atoms with van der Waals surface area (Å²) in [6.07, 6.45) is 0. The van der Waals surface area contributed by atoms with Gasteiger partial charge in [-0.05, 0) is 37.3 Å². The molecule has 2 aromatic heterocycles. The van der Waals surface area contributed by atoms with Crippen LogP contribution in [0.5, 0.6) is 0 Å². The highest BCUT2D eigenvalue weighted by molar-refractivity contribution is 6.31. The Hall–Kier alpha value is -2.95. The Bertz CT molecular complexity index is 1150.